The van der Waals surface area contributed by atoms with Gasteiger partial charge in [0.25, 0.3) is 0 Å². The van der Waals surface area contributed by atoms with Crippen molar-refractivity contribution >= 4 is 32.6 Å². The standard InChI is InChI=1S/C20H16FN3O4S/c21-9-5-11-12(23-17(9)20-24-10-3-1-2-4-15(10)29-20)6-16(22-11)28-14-8-27-18-13(25)7-26-19(14)18/h1-6,13-14,18-19,22,25H,7-8H2/t13-,14-,18-,19-/m1/s1. The Balaban J connectivity index is 1.32. The third kappa shape index (κ3) is 2.81. The molecule has 0 saturated carbocycles. The summed E-state index contributed by atoms with van der Waals surface area (Å²) in [5.74, 6) is 0.00376. The van der Waals surface area contributed by atoms with Crippen LogP contribution in [0.25, 0.3) is 32.0 Å². The molecule has 0 amide bonds. The van der Waals surface area contributed by atoms with Gasteiger partial charge >= 0.3 is 0 Å². The Labute approximate surface area is 168 Å². The Morgan fingerprint density at radius 3 is 2.86 bits per heavy atom. The lowest BCUT2D eigenvalue weighted by molar-refractivity contribution is 0.00794. The molecular weight excluding hydrogens is 397 g/mol. The van der Waals surface area contributed by atoms with Crippen molar-refractivity contribution in [3.63, 3.8) is 0 Å². The number of halogens is 1. The van der Waals surface area contributed by atoms with Gasteiger partial charge in [-0.25, -0.2) is 14.4 Å². The molecule has 0 aliphatic carbocycles. The Bertz CT molecular complexity index is 1190. The fourth-order valence-corrected chi connectivity index (χ4v) is 4.86. The van der Waals surface area contributed by atoms with Gasteiger partial charge < -0.3 is 24.3 Å². The maximum absolute atomic E-state index is 14.7. The van der Waals surface area contributed by atoms with Gasteiger partial charge in [0.15, 0.2) is 17.8 Å². The number of rotatable bonds is 3. The van der Waals surface area contributed by atoms with Crippen LogP contribution in [0.4, 0.5) is 4.39 Å². The SMILES string of the molecule is O[C@@H]1CO[C@H]2[C@@H]1OC[C@H]2Oc1cc2nc(-c3nc4ccccc4s3)c(F)cc2[nH]1. The number of ether oxygens (including phenoxy) is 3. The summed E-state index contributed by atoms with van der Waals surface area (Å²) in [7, 11) is 0. The van der Waals surface area contributed by atoms with Crippen LogP contribution in [0.5, 0.6) is 5.88 Å². The summed E-state index contributed by atoms with van der Waals surface area (Å²) in [6.07, 6.45) is -1.67. The van der Waals surface area contributed by atoms with Crippen LogP contribution in [0.15, 0.2) is 36.4 Å². The smallest absolute Gasteiger partial charge is 0.193 e. The van der Waals surface area contributed by atoms with Crippen LogP contribution in [-0.4, -0.2) is 57.7 Å². The van der Waals surface area contributed by atoms with Gasteiger partial charge in [0.05, 0.1) is 34.5 Å². The lowest BCUT2D eigenvalue weighted by Gasteiger charge is -2.16. The lowest BCUT2D eigenvalue weighted by atomic mass is 10.1. The number of aliphatic hydroxyl groups is 1. The summed E-state index contributed by atoms with van der Waals surface area (Å²) in [4.78, 5) is 12.0. The Morgan fingerprint density at radius 2 is 1.97 bits per heavy atom. The van der Waals surface area contributed by atoms with Crippen molar-refractivity contribution in [3.8, 4) is 16.6 Å². The van der Waals surface area contributed by atoms with E-state index in [1.165, 1.54) is 17.4 Å². The quantitative estimate of drug-likeness (QED) is 0.537. The van der Waals surface area contributed by atoms with Crippen LogP contribution in [0, 0.1) is 5.82 Å². The largest absolute Gasteiger partial charge is 0.470 e. The number of hydrogen-bond donors (Lipinski definition) is 2. The predicted octanol–water partition coefficient (Wildman–Crippen LogP) is 2.88. The molecule has 1 aromatic carbocycles. The number of aliphatic hydroxyl groups excluding tert-OH is 1. The minimum Gasteiger partial charge on any atom is -0.470 e. The van der Waals surface area contributed by atoms with Gasteiger partial charge in [0, 0.05) is 12.1 Å². The average Bonchev–Trinajstić information content (AvgIpc) is 3.46. The van der Waals surface area contributed by atoms with E-state index in [0.717, 1.165) is 10.2 Å². The maximum Gasteiger partial charge on any atom is 0.193 e. The molecule has 2 fully saturated rings. The number of nitrogens with one attached hydrogen (secondary N) is 1. The molecule has 2 saturated heterocycles. The highest BCUT2D eigenvalue weighted by Gasteiger charge is 2.48. The number of aromatic amines is 1. The maximum atomic E-state index is 14.7. The fraction of sp³-hybridized carbons (Fsp3) is 0.300. The summed E-state index contributed by atoms with van der Waals surface area (Å²) in [6, 6.07) is 10.8. The molecule has 5 heterocycles. The number of para-hydroxylation sites is 1. The second kappa shape index (κ2) is 6.46. The van der Waals surface area contributed by atoms with E-state index >= 15 is 0 Å². The first-order valence-electron chi connectivity index (χ1n) is 9.29. The Kier molecular flexibility index (Phi) is 3.85. The Hall–Kier alpha value is -2.59. The summed E-state index contributed by atoms with van der Waals surface area (Å²) >= 11 is 1.40. The van der Waals surface area contributed by atoms with Crippen LogP contribution in [0.1, 0.15) is 0 Å². The molecule has 3 aromatic heterocycles. The summed E-state index contributed by atoms with van der Waals surface area (Å²) in [5.41, 5.74) is 2.15. The van der Waals surface area contributed by atoms with Crippen molar-refractivity contribution in [2.75, 3.05) is 13.2 Å². The zero-order chi connectivity index (χ0) is 19.5. The van der Waals surface area contributed by atoms with Crippen molar-refractivity contribution in [2.24, 2.45) is 0 Å². The zero-order valence-electron chi connectivity index (χ0n) is 15.0. The fourth-order valence-electron chi connectivity index (χ4n) is 3.90. The van der Waals surface area contributed by atoms with Crippen molar-refractivity contribution in [3.05, 3.63) is 42.2 Å². The number of pyridine rings is 1. The topological polar surface area (TPSA) is 89.5 Å². The molecule has 0 spiro atoms. The summed E-state index contributed by atoms with van der Waals surface area (Å²) in [5, 5.41) is 10.4. The van der Waals surface area contributed by atoms with Gasteiger partial charge in [-0.2, -0.15) is 0 Å². The number of thiazole rings is 1. The number of fused-ring (bicyclic) bond motifs is 3. The number of hydrogen-bond acceptors (Lipinski definition) is 7. The van der Waals surface area contributed by atoms with Gasteiger partial charge in [-0.1, -0.05) is 12.1 Å². The van der Waals surface area contributed by atoms with Gasteiger partial charge in [-0.05, 0) is 12.1 Å². The van der Waals surface area contributed by atoms with E-state index in [-0.39, 0.29) is 30.6 Å². The van der Waals surface area contributed by atoms with Gasteiger partial charge in [-0.15, -0.1) is 11.3 Å². The molecule has 9 heteroatoms. The van der Waals surface area contributed by atoms with Crippen molar-refractivity contribution in [1.82, 2.24) is 15.0 Å². The summed E-state index contributed by atoms with van der Waals surface area (Å²) < 4.78 is 32.8. The van der Waals surface area contributed by atoms with E-state index in [2.05, 4.69) is 15.0 Å². The van der Waals surface area contributed by atoms with E-state index in [4.69, 9.17) is 14.2 Å². The van der Waals surface area contributed by atoms with Crippen LogP contribution >= 0.6 is 11.3 Å². The highest BCUT2D eigenvalue weighted by Crippen LogP contribution is 2.34. The second-order valence-corrected chi connectivity index (χ2v) is 8.22. The van der Waals surface area contributed by atoms with E-state index in [1.54, 1.807) is 6.07 Å². The molecule has 4 atom stereocenters. The molecule has 6 rings (SSSR count). The molecule has 29 heavy (non-hydrogen) atoms. The average molecular weight is 413 g/mol. The van der Waals surface area contributed by atoms with E-state index in [9.17, 15) is 9.50 Å². The molecule has 4 aromatic rings. The number of nitrogens with zero attached hydrogens (tertiary/aromatic N) is 2. The minimum atomic E-state index is -0.636. The molecule has 7 nitrogen and oxygen atoms in total. The first-order valence-corrected chi connectivity index (χ1v) is 10.1. The minimum absolute atomic E-state index is 0.218. The highest BCUT2D eigenvalue weighted by atomic mass is 32.1. The van der Waals surface area contributed by atoms with Crippen LogP contribution in [-0.2, 0) is 9.47 Å². The second-order valence-electron chi connectivity index (χ2n) is 7.19. The van der Waals surface area contributed by atoms with Gasteiger partial charge in [0.1, 0.15) is 29.0 Å². The van der Waals surface area contributed by atoms with Crippen LogP contribution in [0.3, 0.4) is 0 Å². The number of H-pyrrole nitrogens is 1. The van der Waals surface area contributed by atoms with Gasteiger partial charge in [0.2, 0.25) is 0 Å². The summed E-state index contributed by atoms with van der Waals surface area (Å²) in [6.45, 7) is 0.556. The monoisotopic (exact) mass is 413 g/mol. The lowest BCUT2D eigenvalue weighted by Crippen LogP contribution is -2.34. The first kappa shape index (κ1) is 17.3. The molecule has 2 aliphatic rings. The van der Waals surface area contributed by atoms with Crippen molar-refractivity contribution in [1.29, 1.82) is 0 Å². The third-order valence-corrected chi connectivity index (χ3v) is 6.33. The molecule has 2 aliphatic heterocycles. The Morgan fingerprint density at radius 1 is 1.10 bits per heavy atom. The molecule has 2 N–H and O–H groups in total. The predicted molar refractivity (Wildman–Crippen MR) is 105 cm³/mol. The highest BCUT2D eigenvalue weighted by molar-refractivity contribution is 7.21. The molecule has 148 valence electrons. The zero-order valence-corrected chi connectivity index (χ0v) is 15.9. The van der Waals surface area contributed by atoms with Crippen LogP contribution in [0.2, 0.25) is 0 Å². The van der Waals surface area contributed by atoms with Crippen LogP contribution < -0.4 is 4.74 Å². The van der Waals surface area contributed by atoms with Crippen molar-refractivity contribution < 1.29 is 23.7 Å². The molecule has 0 radical (unpaired) electrons. The molecule has 0 unspecified atom stereocenters. The molecule has 0 bridgehead atoms. The van der Waals surface area contributed by atoms with E-state index < -0.39 is 11.9 Å². The van der Waals surface area contributed by atoms with Crippen molar-refractivity contribution in [2.45, 2.75) is 24.4 Å². The first-order chi connectivity index (χ1) is 14.2. The normalized spacial score (nSPS) is 26.4. The number of aromatic nitrogens is 3. The molecular formula is C20H16FN3O4S. The van der Waals surface area contributed by atoms with E-state index in [0.29, 0.717) is 28.5 Å². The number of benzene rings is 1. The third-order valence-electron chi connectivity index (χ3n) is 5.29. The van der Waals surface area contributed by atoms with Gasteiger partial charge in [-0.3, -0.25) is 0 Å². The van der Waals surface area contributed by atoms with E-state index in [1.807, 2.05) is 24.3 Å².